The molecule has 2 N–H and O–H groups in total. The second-order valence-electron chi connectivity index (χ2n) is 7.09. The van der Waals surface area contributed by atoms with Crippen LogP contribution in [0.5, 0.6) is 0 Å². The Morgan fingerprint density at radius 1 is 1.32 bits per heavy atom. The topological polar surface area (TPSA) is 78.4 Å². The molecular formula is C18H21FN4O2. The zero-order valence-corrected chi connectivity index (χ0v) is 13.9. The minimum absolute atomic E-state index is 0.0962. The molecule has 7 heteroatoms. The van der Waals surface area contributed by atoms with E-state index in [2.05, 4.69) is 20.2 Å². The number of nitrogens with zero attached hydrogens (tertiary/aromatic N) is 3. The molecule has 2 aromatic rings. The molecule has 0 unspecified atom stereocenters. The lowest BCUT2D eigenvalue weighted by molar-refractivity contribution is -0.139. The number of aromatic nitrogens is 2. The number of hydrogen-bond donors (Lipinski definition) is 2. The summed E-state index contributed by atoms with van der Waals surface area (Å²) in [5.41, 5.74) is 0.578. The Balaban J connectivity index is 1.41. The highest BCUT2D eigenvalue weighted by Crippen LogP contribution is 2.35. The van der Waals surface area contributed by atoms with Gasteiger partial charge in [-0.3, -0.25) is 9.69 Å². The van der Waals surface area contributed by atoms with Gasteiger partial charge in [0.15, 0.2) is 0 Å². The summed E-state index contributed by atoms with van der Waals surface area (Å²) in [5.74, 6) is 0.0587. The molecule has 1 aromatic carbocycles. The first-order valence-electron chi connectivity index (χ1n) is 8.71. The molecular weight excluding hydrogens is 323 g/mol. The number of carbonyl (C=O) groups is 1. The van der Waals surface area contributed by atoms with Crippen molar-refractivity contribution in [1.82, 2.24) is 14.9 Å². The van der Waals surface area contributed by atoms with E-state index in [0.717, 1.165) is 19.4 Å². The number of benzene rings is 1. The standard InChI is InChI=1S/C18H21FN4O2/c19-14-2-1-3-15-17(14)18(21-10-20-15)22-12-6-13(7-12)23(9-16(24)25)8-11-4-5-11/h1-3,10-13H,4-9H2,(H,24,25)(H,20,21,22). The zero-order chi connectivity index (χ0) is 17.4. The first-order chi connectivity index (χ1) is 12.1. The molecule has 0 saturated heterocycles. The van der Waals surface area contributed by atoms with Gasteiger partial charge in [-0.05, 0) is 43.7 Å². The highest BCUT2D eigenvalue weighted by molar-refractivity contribution is 5.89. The molecule has 132 valence electrons. The van der Waals surface area contributed by atoms with Crippen LogP contribution in [-0.4, -0.2) is 51.1 Å². The fourth-order valence-electron chi connectivity index (χ4n) is 3.52. The largest absolute Gasteiger partial charge is 0.480 e. The van der Waals surface area contributed by atoms with Crippen LogP contribution in [0.2, 0.25) is 0 Å². The fourth-order valence-corrected chi connectivity index (χ4v) is 3.52. The second kappa shape index (κ2) is 6.55. The number of halogens is 1. The summed E-state index contributed by atoms with van der Waals surface area (Å²) >= 11 is 0. The van der Waals surface area contributed by atoms with Gasteiger partial charge in [0.2, 0.25) is 0 Å². The Morgan fingerprint density at radius 2 is 2.12 bits per heavy atom. The molecule has 1 heterocycles. The first-order valence-corrected chi connectivity index (χ1v) is 8.71. The van der Waals surface area contributed by atoms with Gasteiger partial charge >= 0.3 is 5.97 Å². The minimum Gasteiger partial charge on any atom is -0.480 e. The third-order valence-electron chi connectivity index (χ3n) is 5.11. The van der Waals surface area contributed by atoms with Gasteiger partial charge in [-0.2, -0.15) is 0 Å². The molecule has 0 aliphatic heterocycles. The number of carboxylic acids is 1. The van der Waals surface area contributed by atoms with Crippen molar-refractivity contribution in [3.8, 4) is 0 Å². The molecule has 0 atom stereocenters. The molecule has 0 spiro atoms. The highest BCUT2D eigenvalue weighted by atomic mass is 19.1. The third kappa shape index (κ3) is 3.56. The Morgan fingerprint density at radius 3 is 2.84 bits per heavy atom. The highest BCUT2D eigenvalue weighted by Gasteiger charge is 2.37. The van der Waals surface area contributed by atoms with E-state index in [1.807, 2.05) is 0 Å². The van der Waals surface area contributed by atoms with Crippen LogP contribution < -0.4 is 5.32 Å². The molecule has 4 rings (SSSR count). The van der Waals surface area contributed by atoms with Gasteiger partial charge in [0.1, 0.15) is 18.0 Å². The first kappa shape index (κ1) is 16.2. The summed E-state index contributed by atoms with van der Waals surface area (Å²) in [6, 6.07) is 5.25. The van der Waals surface area contributed by atoms with E-state index in [-0.39, 0.29) is 24.4 Å². The lowest BCUT2D eigenvalue weighted by Gasteiger charge is -2.43. The van der Waals surface area contributed by atoms with E-state index in [4.69, 9.17) is 5.11 Å². The summed E-state index contributed by atoms with van der Waals surface area (Å²) in [5, 5.41) is 12.8. The number of hydrogen-bond acceptors (Lipinski definition) is 5. The molecule has 0 bridgehead atoms. The average molecular weight is 344 g/mol. The van der Waals surface area contributed by atoms with Gasteiger partial charge in [-0.1, -0.05) is 6.07 Å². The smallest absolute Gasteiger partial charge is 0.317 e. The third-order valence-corrected chi connectivity index (χ3v) is 5.11. The molecule has 2 aliphatic rings. The summed E-state index contributed by atoms with van der Waals surface area (Å²) in [6.07, 6.45) is 5.54. The molecule has 2 saturated carbocycles. The average Bonchev–Trinajstić information content (AvgIpc) is 3.33. The van der Waals surface area contributed by atoms with Crippen LogP contribution >= 0.6 is 0 Å². The van der Waals surface area contributed by atoms with Crippen molar-refractivity contribution in [2.24, 2.45) is 5.92 Å². The van der Waals surface area contributed by atoms with Crippen molar-refractivity contribution >= 4 is 22.7 Å². The zero-order valence-electron chi connectivity index (χ0n) is 13.9. The van der Waals surface area contributed by atoms with Crippen molar-refractivity contribution < 1.29 is 14.3 Å². The van der Waals surface area contributed by atoms with Crippen molar-refractivity contribution in [2.75, 3.05) is 18.4 Å². The molecule has 0 amide bonds. The normalized spacial score (nSPS) is 22.8. The number of rotatable bonds is 7. The molecule has 0 radical (unpaired) electrons. The molecule has 2 fully saturated rings. The quantitative estimate of drug-likeness (QED) is 0.803. The number of fused-ring (bicyclic) bond motifs is 1. The maximum absolute atomic E-state index is 14.1. The Bertz CT molecular complexity index is 784. The van der Waals surface area contributed by atoms with Crippen LogP contribution in [0.3, 0.4) is 0 Å². The maximum Gasteiger partial charge on any atom is 0.317 e. The van der Waals surface area contributed by atoms with E-state index in [1.165, 1.54) is 25.2 Å². The predicted molar refractivity (Wildman–Crippen MR) is 91.9 cm³/mol. The van der Waals surface area contributed by atoms with Gasteiger partial charge in [0.25, 0.3) is 0 Å². The lowest BCUT2D eigenvalue weighted by Crippen LogP contribution is -2.52. The number of carboxylic acid groups (broad SMARTS) is 1. The van der Waals surface area contributed by atoms with E-state index >= 15 is 0 Å². The van der Waals surface area contributed by atoms with Gasteiger partial charge in [0, 0.05) is 18.6 Å². The van der Waals surface area contributed by atoms with Crippen molar-refractivity contribution in [3.05, 3.63) is 30.3 Å². The summed E-state index contributed by atoms with van der Waals surface area (Å²) in [6.45, 7) is 0.966. The van der Waals surface area contributed by atoms with Gasteiger partial charge in [0.05, 0.1) is 17.4 Å². The van der Waals surface area contributed by atoms with Crippen molar-refractivity contribution in [2.45, 2.75) is 37.8 Å². The predicted octanol–water partition coefficient (Wildman–Crippen LogP) is 2.51. The van der Waals surface area contributed by atoms with Gasteiger partial charge < -0.3 is 10.4 Å². The van der Waals surface area contributed by atoms with E-state index in [9.17, 15) is 9.18 Å². The number of aliphatic carboxylic acids is 1. The van der Waals surface area contributed by atoms with E-state index in [0.29, 0.717) is 22.6 Å². The van der Waals surface area contributed by atoms with Crippen LogP contribution in [0.25, 0.3) is 10.9 Å². The minimum atomic E-state index is -0.777. The van der Waals surface area contributed by atoms with Gasteiger partial charge in [-0.25, -0.2) is 14.4 Å². The van der Waals surface area contributed by atoms with Crippen LogP contribution in [0.15, 0.2) is 24.5 Å². The van der Waals surface area contributed by atoms with Crippen molar-refractivity contribution in [1.29, 1.82) is 0 Å². The summed E-state index contributed by atoms with van der Waals surface area (Å²) in [4.78, 5) is 21.5. The van der Waals surface area contributed by atoms with Crippen molar-refractivity contribution in [3.63, 3.8) is 0 Å². The number of anilines is 1. The monoisotopic (exact) mass is 344 g/mol. The van der Waals surface area contributed by atoms with Crippen LogP contribution in [0.1, 0.15) is 25.7 Å². The summed E-state index contributed by atoms with van der Waals surface area (Å²) < 4.78 is 14.1. The maximum atomic E-state index is 14.1. The fraction of sp³-hybridized carbons (Fsp3) is 0.500. The summed E-state index contributed by atoms with van der Waals surface area (Å²) in [7, 11) is 0. The molecule has 2 aliphatic carbocycles. The van der Waals surface area contributed by atoms with E-state index < -0.39 is 5.97 Å². The lowest BCUT2D eigenvalue weighted by atomic mass is 9.85. The van der Waals surface area contributed by atoms with E-state index in [1.54, 1.807) is 12.1 Å². The molecule has 1 aromatic heterocycles. The Labute approximate surface area is 145 Å². The Hall–Kier alpha value is -2.28. The SMILES string of the molecule is O=C(O)CN(CC1CC1)C1CC(Nc2ncnc3cccc(F)c23)C1. The molecule has 6 nitrogen and oxygen atoms in total. The number of nitrogens with one attached hydrogen (secondary N) is 1. The molecule has 25 heavy (non-hydrogen) atoms. The van der Waals surface area contributed by atoms with Crippen LogP contribution in [0, 0.1) is 11.7 Å². The Kier molecular flexibility index (Phi) is 4.25. The second-order valence-corrected chi connectivity index (χ2v) is 7.09. The van der Waals surface area contributed by atoms with Gasteiger partial charge in [-0.15, -0.1) is 0 Å². The van der Waals surface area contributed by atoms with Crippen LogP contribution in [-0.2, 0) is 4.79 Å². The van der Waals surface area contributed by atoms with Crippen LogP contribution in [0.4, 0.5) is 10.2 Å².